The summed E-state index contributed by atoms with van der Waals surface area (Å²) in [5.74, 6) is 0.253. The van der Waals surface area contributed by atoms with E-state index in [-0.39, 0.29) is 12.4 Å². The average Bonchev–Trinajstić information content (AvgIpc) is 2.40. The highest BCUT2D eigenvalue weighted by atomic mass is 35.5. The molecule has 0 unspecified atom stereocenters. The van der Waals surface area contributed by atoms with Crippen LogP contribution in [0.25, 0.3) is 11.1 Å². The van der Waals surface area contributed by atoms with E-state index in [2.05, 4.69) is 0 Å². The molecule has 0 fully saturated rings. The van der Waals surface area contributed by atoms with Crippen molar-refractivity contribution in [2.45, 2.75) is 6.61 Å². The van der Waals surface area contributed by atoms with E-state index in [4.69, 9.17) is 16.3 Å². The van der Waals surface area contributed by atoms with Gasteiger partial charge < -0.3 is 9.84 Å². The fraction of sp³-hybridized carbons (Fsp3) is 0.143. The topological polar surface area (TPSA) is 29.5 Å². The van der Waals surface area contributed by atoms with Crippen molar-refractivity contribution in [3.8, 4) is 16.9 Å². The van der Waals surface area contributed by atoms with Gasteiger partial charge in [-0.2, -0.15) is 0 Å². The average molecular weight is 267 g/mol. The summed E-state index contributed by atoms with van der Waals surface area (Å²) >= 11 is 6.07. The first-order chi connectivity index (χ1) is 8.65. The molecule has 0 heterocycles. The smallest absolute Gasteiger partial charge is 0.123 e. The molecule has 0 radical (unpaired) electrons. The molecule has 0 saturated heterocycles. The molecule has 0 amide bonds. The molecule has 2 aromatic carbocycles. The molecule has 2 nitrogen and oxygen atoms in total. The number of hydrogen-bond donors (Lipinski definition) is 1. The highest BCUT2D eigenvalue weighted by Gasteiger charge is 2.11. The van der Waals surface area contributed by atoms with E-state index in [0.29, 0.717) is 27.5 Å². The Kier molecular flexibility index (Phi) is 3.84. The fourth-order valence-electron chi connectivity index (χ4n) is 1.78. The Hall–Kier alpha value is -1.58. The van der Waals surface area contributed by atoms with Crippen molar-refractivity contribution in [2.75, 3.05) is 7.11 Å². The Labute approximate surface area is 110 Å². The fourth-order valence-corrected chi connectivity index (χ4v) is 1.99. The zero-order valence-electron chi connectivity index (χ0n) is 9.78. The van der Waals surface area contributed by atoms with E-state index in [1.165, 1.54) is 18.2 Å². The van der Waals surface area contributed by atoms with E-state index in [0.717, 1.165) is 0 Å². The van der Waals surface area contributed by atoms with Crippen LogP contribution < -0.4 is 4.74 Å². The molecule has 0 saturated carbocycles. The maximum Gasteiger partial charge on any atom is 0.123 e. The van der Waals surface area contributed by atoms with Crippen molar-refractivity contribution in [3.63, 3.8) is 0 Å². The Balaban J connectivity index is 2.64. The summed E-state index contributed by atoms with van der Waals surface area (Å²) in [5, 5.41) is 9.76. The summed E-state index contributed by atoms with van der Waals surface area (Å²) in [4.78, 5) is 0. The molecule has 18 heavy (non-hydrogen) atoms. The van der Waals surface area contributed by atoms with Gasteiger partial charge in [-0.3, -0.25) is 0 Å². The lowest BCUT2D eigenvalue weighted by atomic mass is 9.99. The third kappa shape index (κ3) is 2.47. The monoisotopic (exact) mass is 266 g/mol. The number of aliphatic hydroxyl groups excluding tert-OH is 1. The lowest BCUT2D eigenvalue weighted by molar-refractivity contribution is 0.282. The zero-order valence-corrected chi connectivity index (χ0v) is 10.5. The van der Waals surface area contributed by atoms with Gasteiger partial charge in [0, 0.05) is 10.6 Å². The van der Waals surface area contributed by atoms with Gasteiger partial charge in [-0.25, -0.2) is 4.39 Å². The van der Waals surface area contributed by atoms with Crippen LogP contribution in [0.4, 0.5) is 4.39 Å². The van der Waals surface area contributed by atoms with Crippen molar-refractivity contribution in [1.82, 2.24) is 0 Å². The number of methoxy groups -OCH3 is 1. The number of rotatable bonds is 3. The molecule has 0 bridgehead atoms. The lowest BCUT2D eigenvalue weighted by Gasteiger charge is -2.11. The molecule has 0 aliphatic heterocycles. The Morgan fingerprint density at radius 1 is 1.17 bits per heavy atom. The maximum atomic E-state index is 13.3. The predicted molar refractivity (Wildman–Crippen MR) is 69.3 cm³/mol. The molecule has 1 N–H and O–H groups in total. The van der Waals surface area contributed by atoms with E-state index < -0.39 is 0 Å². The third-order valence-corrected chi connectivity index (χ3v) is 3.04. The lowest BCUT2D eigenvalue weighted by Crippen LogP contribution is -1.93. The standard InChI is InChI=1S/C14H12ClFO2/c1-18-11-4-2-9(8-17)12(7-11)13-6-10(16)3-5-14(13)15/h2-7,17H,8H2,1H3. The predicted octanol–water partition coefficient (Wildman–Crippen LogP) is 3.65. The van der Waals surface area contributed by atoms with Crippen molar-refractivity contribution in [2.24, 2.45) is 0 Å². The second-order valence-electron chi connectivity index (χ2n) is 3.81. The third-order valence-electron chi connectivity index (χ3n) is 2.71. The van der Waals surface area contributed by atoms with Crippen LogP contribution in [-0.4, -0.2) is 12.2 Å². The number of hydrogen-bond acceptors (Lipinski definition) is 2. The van der Waals surface area contributed by atoms with Crippen molar-refractivity contribution < 1.29 is 14.2 Å². The molecular weight excluding hydrogens is 255 g/mol. The van der Waals surface area contributed by atoms with Gasteiger partial charge in [-0.05, 0) is 41.5 Å². The van der Waals surface area contributed by atoms with Gasteiger partial charge in [0.1, 0.15) is 11.6 Å². The van der Waals surface area contributed by atoms with Crippen LogP contribution in [0.1, 0.15) is 5.56 Å². The molecule has 2 rings (SSSR count). The van der Waals surface area contributed by atoms with Crippen molar-refractivity contribution >= 4 is 11.6 Å². The molecular formula is C14H12ClFO2. The molecule has 2 aromatic rings. The first-order valence-electron chi connectivity index (χ1n) is 5.39. The molecule has 0 aromatic heterocycles. The second kappa shape index (κ2) is 5.38. The van der Waals surface area contributed by atoms with Crippen LogP contribution in [-0.2, 0) is 6.61 Å². The van der Waals surface area contributed by atoms with Crippen LogP contribution in [0.3, 0.4) is 0 Å². The first-order valence-corrected chi connectivity index (χ1v) is 5.76. The normalized spacial score (nSPS) is 10.4. The van der Waals surface area contributed by atoms with Crippen LogP contribution in [0, 0.1) is 5.82 Å². The van der Waals surface area contributed by atoms with Crippen LogP contribution in [0.5, 0.6) is 5.75 Å². The van der Waals surface area contributed by atoms with Crippen molar-refractivity contribution in [3.05, 3.63) is 52.8 Å². The number of aliphatic hydroxyl groups is 1. The van der Waals surface area contributed by atoms with Gasteiger partial charge >= 0.3 is 0 Å². The summed E-state index contributed by atoms with van der Waals surface area (Å²) in [6.07, 6.45) is 0. The van der Waals surface area contributed by atoms with Gasteiger partial charge in [-0.15, -0.1) is 0 Å². The quantitative estimate of drug-likeness (QED) is 0.919. The Bertz CT molecular complexity index is 570. The Morgan fingerprint density at radius 3 is 2.61 bits per heavy atom. The minimum atomic E-state index is -0.374. The zero-order chi connectivity index (χ0) is 13.1. The van der Waals surface area contributed by atoms with Gasteiger partial charge in [0.2, 0.25) is 0 Å². The highest BCUT2D eigenvalue weighted by molar-refractivity contribution is 6.33. The number of halogens is 2. The van der Waals surface area contributed by atoms with Gasteiger partial charge in [-0.1, -0.05) is 17.7 Å². The maximum absolute atomic E-state index is 13.3. The van der Waals surface area contributed by atoms with Crippen LogP contribution >= 0.6 is 11.6 Å². The number of ether oxygens (including phenoxy) is 1. The van der Waals surface area contributed by atoms with Crippen molar-refractivity contribution in [1.29, 1.82) is 0 Å². The highest BCUT2D eigenvalue weighted by Crippen LogP contribution is 2.33. The van der Waals surface area contributed by atoms with Gasteiger partial charge in [0.25, 0.3) is 0 Å². The molecule has 4 heteroatoms. The van der Waals surface area contributed by atoms with E-state index in [1.54, 1.807) is 25.3 Å². The second-order valence-corrected chi connectivity index (χ2v) is 4.21. The van der Waals surface area contributed by atoms with Gasteiger partial charge in [0.05, 0.1) is 13.7 Å². The minimum Gasteiger partial charge on any atom is -0.497 e. The summed E-state index contributed by atoms with van der Waals surface area (Å²) in [7, 11) is 1.55. The summed E-state index contributed by atoms with van der Waals surface area (Å²) in [6, 6.07) is 9.33. The molecule has 0 atom stereocenters. The van der Waals surface area contributed by atoms with E-state index in [9.17, 15) is 9.50 Å². The van der Waals surface area contributed by atoms with Crippen LogP contribution in [0.2, 0.25) is 5.02 Å². The SMILES string of the molecule is COc1ccc(CO)c(-c2cc(F)ccc2Cl)c1. The first kappa shape index (κ1) is 12.9. The minimum absolute atomic E-state index is 0.147. The van der Waals surface area contributed by atoms with Gasteiger partial charge in [0.15, 0.2) is 0 Å². The summed E-state index contributed by atoms with van der Waals surface area (Å²) < 4.78 is 18.4. The Morgan fingerprint density at radius 2 is 1.94 bits per heavy atom. The summed E-state index contributed by atoms with van der Waals surface area (Å²) in [6.45, 7) is -0.147. The number of benzene rings is 2. The molecule has 0 spiro atoms. The van der Waals surface area contributed by atoms with E-state index >= 15 is 0 Å². The molecule has 94 valence electrons. The van der Waals surface area contributed by atoms with E-state index in [1.807, 2.05) is 0 Å². The molecule has 0 aliphatic rings. The largest absolute Gasteiger partial charge is 0.497 e. The molecule has 0 aliphatic carbocycles. The summed E-state index contributed by atoms with van der Waals surface area (Å²) in [5.41, 5.74) is 1.88. The van der Waals surface area contributed by atoms with Crippen LogP contribution in [0.15, 0.2) is 36.4 Å².